The molecule has 0 bridgehead atoms. The van der Waals surface area contributed by atoms with Gasteiger partial charge >= 0.3 is 12.0 Å². The van der Waals surface area contributed by atoms with Crippen molar-refractivity contribution in [2.24, 2.45) is 0 Å². The fourth-order valence-electron chi connectivity index (χ4n) is 3.86. The van der Waals surface area contributed by atoms with Gasteiger partial charge in [0.05, 0.1) is 19.2 Å². The lowest BCUT2D eigenvalue weighted by molar-refractivity contribution is -0.123. The summed E-state index contributed by atoms with van der Waals surface area (Å²) in [6, 6.07) is 16.1. The Bertz CT molecular complexity index is 1290. The van der Waals surface area contributed by atoms with Crippen molar-refractivity contribution in [3.8, 4) is 5.69 Å². The van der Waals surface area contributed by atoms with E-state index in [9.17, 15) is 14.4 Å². The van der Waals surface area contributed by atoms with Crippen LogP contribution in [-0.4, -0.2) is 34.5 Å². The minimum atomic E-state index is -0.450. The fourth-order valence-corrected chi connectivity index (χ4v) is 4.13. The van der Waals surface area contributed by atoms with Crippen molar-refractivity contribution in [2.45, 2.75) is 20.4 Å². The third kappa shape index (κ3) is 4.47. The number of aromatic nitrogens is 1. The van der Waals surface area contributed by atoms with E-state index in [0.717, 1.165) is 32.7 Å². The lowest BCUT2D eigenvalue weighted by Crippen LogP contribution is -2.30. The molecule has 3 aromatic rings. The SMILES string of the molecule is COC(=O)c1cccc(-n2c(C)cc(/C=C3/NC(=O)N(Cc4ccc(Br)cc4)C3=O)c2C)c1. The number of aryl methyl sites for hydroxylation is 1. The van der Waals surface area contributed by atoms with Gasteiger partial charge in [-0.1, -0.05) is 34.1 Å². The predicted molar refractivity (Wildman–Crippen MR) is 128 cm³/mol. The number of esters is 1. The molecule has 2 heterocycles. The van der Waals surface area contributed by atoms with Gasteiger partial charge in [-0.25, -0.2) is 9.59 Å². The molecule has 0 saturated carbocycles. The Hall–Kier alpha value is -3.65. The molecular formula is C25H22BrN3O4. The number of amides is 3. The second-order valence-electron chi connectivity index (χ2n) is 7.71. The standard InChI is InChI=1S/C25H22BrN3O4/c1-15-11-19(16(2)29(15)21-6-4-5-18(12-21)24(31)33-3)13-22-23(30)28(25(32)27-22)14-17-7-9-20(26)10-8-17/h4-13H,14H2,1-3H3,(H,27,32)/b22-13+. The average molecular weight is 508 g/mol. The minimum Gasteiger partial charge on any atom is -0.465 e. The van der Waals surface area contributed by atoms with Crippen molar-refractivity contribution in [3.05, 3.63) is 92.8 Å². The number of hydrogen-bond acceptors (Lipinski definition) is 4. The highest BCUT2D eigenvalue weighted by molar-refractivity contribution is 9.10. The van der Waals surface area contributed by atoms with E-state index in [4.69, 9.17) is 4.74 Å². The first-order valence-corrected chi connectivity index (χ1v) is 11.0. The average Bonchev–Trinajstić information content (AvgIpc) is 3.23. The molecule has 3 amide bonds. The summed E-state index contributed by atoms with van der Waals surface area (Å²) < 4.78 is 7.73. The molecule has 1 saturated heterocycles. The molecule has 168 valence electrons. The van der Waals surface area contributed by atoms with E-state index < -0.39 is 12.0 Å². The second-order valence-corrected chi connectivity index (χ2v) is 8.63. The minimum absolute atomic E-state index is 0.189. The number of methoxy groups -OCH3 is 1. The summed E-state index contributed by atoms with van der Waals surface area (Å²) in [7, 11) is 1.35. The summed E-state index contributed by atoms with van der Waals surface area (Å²) in [5.74, 6) is -0.785. The highest BCUT2D eigenvalue weighted by Crippen LogP contribution is 2.25. The number of imide groups is 1. The maximum atomic E-state index is 12.9. The van der Waals surface area contributed by atoms with Crippen LogP contribution < -0.4 is 5.32 Å². The van der Waals surface area contributed by atoms with Crippen LogP contribution in [0.2, 0.25) is 0 Å². The van der Waals surface area contributed by atoms with E-state index in [-0.39, 0.29) is 18.1 Å². The van der Waals surface area contributed by atoms with Crippen molar-refractivity contribution in [1.29, 1.82) is 0 Å². The number of carbonyl (C=O) groups excluding carboxylic acids is 3. The first-order chi connectivity index (χ1) is 15.8. The van der Waals surface area contributed by atoms with Crippen LogP contribution in [-0.2, 0) is 16.1 Å². The molecule has 7 nitrogen and oxygen atoms in total. The summed E-state index contributed by atoms with van der Waals surface area (Å²) in [4.78, 5) is 38.5. The molecule has 8 heteroatoms. The second kappa shape index (κ2) is 9.07. The fraction of sp³-hybridized carbons (Fsp3) is 0.160. The molecule has 1 N–H and O–H groups in total. The van der Waals surface area contributed by atoms with Crippen LogP contribution in [0.25, 0.3) is 11.8 Å². The van der Waals surface area contributed by atoms with Crippen LogP contribution in [0.15, 0.2) is 64.8 Å². The van der Waals surface area contributed by atoms with Gasteiger partial charge in [0.2, 0.25) is 0 Å². The van der Waals surface area contributed by atoms with Crippen molar-refractivity contribution in [3.63, 3.8) is 0 Å². The van der Waals surface area contributed by atoms with Crippen LogP contribution in [0.3, 0.4) is 0 Å². The molecule has 0 aliphatic carbocycles. The highest BCUT2D eigenvalue weighted by Gasteiger charge is 2.33. The summed E-state index contributed by atoms with van der Waals surface area (Å²) in [6.07, 6.45) is 1.69. The number of hydrogen-bond donors (Lipinski definition) is 1. The first-order valence-electron chi connectivity index (χ1n) is 10.2. The number of nitrogens with one attached hydrogen (secondary N) is 1. The molecule has 2 aromatic carbocycles. The first kappa shape index (κ1) is 22.5. The predicted octanol–water partition coefficient (Wildman–Crippen LogP) is 4.74. The molecule has 4 rings (SSSR count). The zero-order chi connectivity index (χ0) is 23.7. The van der Waals surface area contributed by atoms with Gasteiger partial charge in [-0.05, 0) is 67.4 Å². The molecular weight excluding hydrogens is 486 g/mol. The zero-order valence-corrected chi connectivity index (χ0v) is 20.0. The van der Waals surface area contributed by atoms with Crippen LogP contribution in [0.1, 0.15) is 32.9 Å². The largest absolute Gasteiger partial charge is 0.465 e. The molecule has 0 spiro atoms. The van der Waals surface area contributed by atoms with Crippen LogP contribution >= 0.6 is 15.9 Å². The van der Waals surface area contributed by atoms with Crippen LogP contribution in [0, 0.1) is 13.8 Å². The van der Waals surface area contributed by atoms with Gasteiger partial charge in [0, 0.05) is 21.5 Å². The third-order valence-corrected chi connectivity index (χ3v) is 6.04. The maximum absolute atomic E-state index is 12.9. The summed E-state index contributed by atoms with van der Waals surface area (Å²) >= 11 is 3.38. The van der Waals surface area contributed by atoms with Gasteiger partial charge in [-0.15, -0.1) is 0 Å². The van der Waals surface area contributed by atoms with Gasteiger partial charge < -0.3 is 14.6 Å². The lowest BCUT2D eigenvalue weighted by Gasteiger charge is -2.11. The Labute approximate surface area is 199 Å². The van der Waals surface area contributed by atoms with Crippen molar-refractivity contribution < 1.29 is 19.1 Å². The Morgan fingerprint density at radius 1 is 1.09 bits per heavy atom. The summed E-state index contributed by atoms with van der Waals surface area (Å²) in [5.41, 5.74) is 4.91. The smallest absolute Gasteiger partial charge is 0.337 e. The summed E-state index contributed by atoms with van der Waals surface area (Å²) in [6.45, 7) is 4.05. The number of ether oxygens (including phenoxy) is 1. The van der Waals surface area contributed by atoms with Crippen LogP contribution in [0.5, 0.6) is 0 Å². The third-order valence-electron chi connectivity index (χ3n) is 5.51. The monoisotopic (exact) mass is 507 g/mol. The Kier molecular flexibility index (Phi) is 6.20. The van der Waals surface area contributed by atoms with Crippen LogP contribution in [0.4, 0.5) is 4.79 Å². The van der Waals surface area contributed by atoms with E-state index in [0.29, 0.717) is 5.56 Å². The molecule has 0 unspecified atom stereocenters. The molecule has 0 atom stereocenters. The Balaban J connectivity index is 1.62. The van der Waals surface area contributed by atoms with Gasteiger partial charge in [-0.3, -0.25) is 9.69 Å². The van der Waals surface area contributed by atoms with Crippen molar-refractivity contribution in [2.75, 3.05) is 7.11 Å². The van der Waals surface area contributed by atoms with E-state index >= 15 is 0 Å². The topological polar surface area (TPSA) is 80.6 Å². The van der Waals surface area contributed by atoms with Gasteiger partial charge in [-0.2, -0.15) is 0 Å². The zero-order valence-electron chi connectivity index (χ0n) is 18.4. The number of rotatable bonds is 5. The molecule has 0 radical (unpaired) electrons. The van der Waals surface area contributed by atoms with Crippen molar-refractivity contribution >= 4 is 39.9 Å². The molecule has 1 aromatic heterocycles. The Morgan fingerprint density at radius 2 is 1.82 bits per heavy atom. The van der Waals surface area contributed by atoms with E-state index in [2.05, 4.69) is 21.2 Å². The molecule has 33 heavy (non-hydrogen) atoms. The van der Waals surface area contributed by atoms with Gasteiger partial charge in [0.15, 0.2) is 0 Å². The molecule has 1 fully saturated rings. The number of halogens is 1. The maximum Gasteiger partial charge on any atom is 0.337 e. The van der Waals surface area contributed by atoms with E-state index in [1.165, 1.54) is 12.0 Å². The van der Waals surface area contributed by atoms with Gasteiger partial charge in [0.25, 0.3) is 5.91 Å². The molecule has 1 aliphatic heterocycles. The van der Waals surface area contributed by atoms with Gasteiger partial charge in [0.1, 0.15) is 5.70 Å². The number of nitrogens with zero attached hydrogens (tertiary/aromatic N) is 2. The normalized spacial score (nSPS) is 14.7. The number of carbonyl (C=O) groups is 3. The van der Waals surface area contributed by atoms with Crippen molar-refractivity contribution in [1.82, 2.24) is 14.8 Å². The number of urea groups is 1. The summed E-state index contributed by atoms with van der Waals surface area (Å²) in [5, 5.41) is 2.68. The van der Waals surface area contributed by atoms with E-state index in [1.54, 1.807) is 24.3 Å². The van der Waals surface area contributed by atoms with E-state index in [1.807, 2.05) is 54.8 Å². The number of benzene rings is 2. The quantitative estimate of drug-likeness (QED) is 0.307. The molecule has 1 aliphatic rings. The lowest BCUT2D eigenvalue weighted by atomic mass is 10.2. The highest BCUT2D eigenvalue weighted by atomic mass is 79.9. The Morgan fingerprint density at radius 3 is 2.52 bits per heavy atom.